The maximum atomic E-state index is 11.6. The molecule has 3 N–H and O–H groups in total. The minimum Gasteiger partial charge on any atom is -0.393 e. The van der Waals surface area contributed by atoms with Crippen LogP contribution in [-0.2, 0) is 9.53 Å². The van der Waals surface area contributed by atoms with Gasteiger partial charge >= 0.3 is 0 Å². The van der Waals surface area contributed by atoms with Crippen molar-refractivity contribution in [3.05, 3.63) is 0 Å². The fourth-order valence-electron chi connectivity index (χ4n) is 1.52. The zero-order valence-corrected chi connectivity index (χ0v) is 10.0. The van der Waals surface area contributed by atoms with Crippen molar-refractivity contribution in [2.45, 2.75) is 32.5 Å². The van der Waals surface area contributed by atoms with Crippen LogP contribution in [0.3, 0.4) is 0 Å². The van der Waals surface area contributed by atoms with Crippen molar-refractivity contribution in [1.29, 1.82) is 0 Å². The molecular formula is C11H22N2O3. The number of rotatable bonds is 5. The summed E-state index contributed by atoms with van der Waals surface area (Å²) in [5.74, 6) is 0.132. The lowest BCUT2D eigenvalue weighted by Crippen LogP contribution is -2.48. The molecule has 1 saturated heterocycles. The van der Waals surface area contributed by atoms with E-state index in [2.05, 4.69) is 10.6 Å². The van der Waals surface area contributed by atoms with Crippen molar-refractivity contribution in [2.75, 3.05) is 26.2 Å². The first kappa shape index (κ1) is 13.4. The Morgan fingerprint density at radius 2 is 2.38 bits per heavy atom. The van der Waals surface area contributed by atoms with Crippen LogP contribution in [0.25, 0.3) is 0 Å². The van der Waals surface area contributed by atoms with E-state index in [4.69, 9.17) is 4.74 Å². The van der Waals surface area contributed by atoms with Gasteiger partial charge in [-0.05, 0) is 12.3 Å². The summed E-state index contributed by atoms with van der Waals surface area (Å²) in [7, 11) is 0. The molecule has 2 atom stereocenters. The van der Waals surface area contributed by atoms with Crippen molar-refractivity contribution >= 4 is 5.91 Å². The molecule has 0 aromatic heterocycles. The van der Waals surface area contributed by atoms with Gasteiger partial charge in [-0.1, -0.05) is 13.8 Å². The molecule has 94 valence electrons. The van der Waals surface area contributed by atoms with Gasteiger partial charge in [0.1, 0.15) is 6.10 Å². The number of hydrogen-bond acceptors (Lipinski definition) is 4. The Labute approximate surface area is 96.6 Å². The molecule has 0 radical (unpaired) electrons. The van der Waals surface area contributed by atoms with Crippen LogP contribution < -0.4 is 10.6 Å². The molecule has 1 rings (SSSR count). The molecular weight excluding hydrogens is 208 g/mol. The molecule has 0 aliphatic carbocycles. The molecule has 0 saturated carbocycles. The number of ether oxygens (including phenoxy) is 1. The summed E-state index contributed by atoms with van der Waals surface area (Å²) >= 11 is 0. The summed E-state index contributed by atoms with van der Waals surface area (Å²) in [6.07, 6.45) is -0.153. The van der Waals surface area contributed by atoms with E-state index in [1.807, 2.05) is 13.8 Å². The van der Waals surface area contributed by atoms with E-state index in [1.54, 1.807) is 0 Å². The first-order valence-corrected chi connectivity index (χ1v) is 5.89. The van der Waals surface area contributed by atoms with Gasteiger partial charge in [0.2, 0.25) is 5.91 Å². The van der Waals surface area contributed by atoms with Gasteiger partial charge in [-0.15, -0.1) is 0 Å². The Balaban J connectivity index is 2.14. The van der Waals surface area contributed by atoms with E-state index in [1.165, 1.54) is 0 Å². The third-order valence-electron chi connectivity index (χ3n) is 2.73. The Morgan fingerprint density at radius 1 is 1.62 bits per heavy atom. The van der Waals surface area contributed by atoms with Gasteiger partial charge in [-0.2, -0.15) is 0 Å². The second-order valence-corrected chi connectivity index (χ2v) is 4.45. The molecule has 0 spiro atoms. The number of aliphatic hydroxyl groups excluding tert-OH is 1. The van der Waals surface area contributed by atoms with Gasteiger partial charge in [-0.25, -0.2) is 0 Å². The van der Waals surface area contributed by atoms with Gasteiger partial charge in [0.25, 0.3) is 0 Å². The molecule has 2 unspecified atom stereocenters. The number of nitrogens with one attached hydrogen (secondary N) is 2. The first-order valence-electron chi connectivity index (χ1n) is 5.89. The predicted molar refractivity (Wildman–Crippen MR) is 61.1 cm³/mol. The zero-order valence-electron chi connectivity index (χ0n) is 10.0. The number of carbonyl (C=O) groups is 1. The molecule has 1 amide bonds. The van der Waals surface area contributed by atoms with Gasteiger partial charge in [0.05, 0.1) is 12.7 Å². The van der Waals surface area contributed by atoms with Crippen LogP contribution in [0.1, 0.15) is 20.3 Å². The SMILES string of the molecule is CC(C)C(O)CCNC(=O)C1CNCCO1. The van der Waals surface area contributed by atoms with E-state index >= 15 is 0 Å². The van der Waals surface area contributed by atoms with Crippen molar-refractivity contribution in [3.8, 4) is 0 Å². The van der Waals surface area contributed by atoms with Crippen LogP contribution in [0.15, 0.2) is 0 Å². The van der Waals surface area contributed by atoms with E-state index < -0.39 is 0 Å². The summed E-state index contributed by atoms with van der Waals surface area (Å²) in [6, 6.07) is 0. The standard InChI is InChI=1S/C11H22N2O3/c1-8(2)9(14)3-4-13-11(15)10-7-12-5-6-16-10/h8-10,12,14H,3-7H2,1-2H3,(H,13,15). The fraction of sp³-hybridized carbons (Fsp3) is 0.909. The molecule has 1 heterocycles. The third-order valence-corrected chi connectivity index (χ3v) is 2.73. The third kappa shape index (κ3) is 4.47. The number of amides is 1. The maximum Gasteiger partial charge on any atom is 0.250 e. The lowest BCUT2D eigenvalue weighted by Gasteiger charge is -2.23. The predicted octanol–water partition coefficient (Wildman–Crippen LogP) is -0.502. The second-order valence-electron chi connectivity index (χ2n) is 4.45. The lowest BCUT2D eigenvalue weighted by atomic mass is 10.0. The zero-order chi connectivity index (χ0) is 12.0. The van der Waals surface area contributed by atoms with Gasteiger partial charge in [-0.3, -0.25) is 4.79 Å². The van der Waals surface area contributed by atoms with E-state index in [9.17, 15) is 9.90 Å². The highest BCUT2D eigenvalue weighted by molar-refractivity contribution is 5.81. The van der Waals surface area contributed by atoms with E-state index in [-0.39, 0.29) is 24.0 Å². The van der Waals surface area contributed by atoms with Crippen LogP contribution in [0, 0.1) is 5.92 Å². The topological polar surface area (TPSA) is 70.6 Å². The highest BCUT2D eigenvalue weighted by atomic mass is 16.5. The van der Waals surface area contributed by atoms with Crippen LogP contribution >= 0.6 is 0 Å². The summed E-state index contributed by atoms with van der Waals surface area (Å²) in [4.78, 5) is 11.6. The summed E-state index contributed by atoms with van der Waals surface area (Å²) < 4.78 is 5.31. The summed E-state index contributed by atoms with van der Waals surface area (Å²) in [6.45, 7) is 6.36. The van der Waals surface area contributed by atoms with Crippen LogP contribution in [0.2, 0.25) is 0 Å². The number of aliphatic hydroxyl groups is 1. The average molecular weight is 230 g/mol. The Kier molecular flexibility index (Phi) is 5.73. The van der Waals surface area contributed by atoms with Crippen molar-refractivity contribution in [2.24, 2.45) is 5.92 Å². The average Bonchev–Trinajstić information content (AvgIpc) is 2.29. The van der Waals surface area contributed by atoms with E-state index in [0.717, 1.165) is 6.54 Å². The van der Waals surface area contributed by atoms with Crippen LogP contribution in [0.4, 0.5) is 0 Å². The molecule has 0 aromatic carbocycles. The molecule has 5 heteroatoms. The highest BCUT2D eigenvalue weighted by Gasteiger charge is 2.21. The Hall–Kier alpha value is -0.650. The molecule has 1 aliphatic heterocycles. The Morgan fingerprint density at radius 3 is 2.94 bits per heavy atom. The first-order chi connectivity index (χ1) is 7.61. The number of carbonyl (C=O) groups excluding carboxylic acids is 1. The number of morpholine rings is 1. The summed E-state index contributed by atoms with van der Waals surface area (Å²) in [5.41, 5.74) is 0. The minimum atomic E-state index is -0.384. The summed E-state index contributed by atoms with van der Waals surface area (Å²) in [5, 5.41) is 15.4. The minimum absolute atomic E-state index is 0.0943. The smallest absolute Gasteiger partial charge is 0.250 e. The fourth-order valence-corrected chi connectivity index (χ4v) is 1.52. The highest BCUT2D eigenvalue weighted by Crippen LogP contribution is 2.04. The Bertz CT molecular complexity index is 215. The molecule has 0 bridgehead atoms. The van der Waals surface area contributed by atoms with Crippen LogP contribution in [-0.4, -0.2) is 49.5 Å². The molecule has 1 aliphatic rings. The molecule has 0 aromatic rings. The maximum absolute atomic E-state index is 11.6. The second kappa shape index (κ2) is 6.83. The lowest BCUT2D eigenvalue weighted by molar-refractivity contribution is -0.134. The molecule has 5 nitrogen and oxygen atoms in total. The van der Waals surface area contributed by atoms with Gasteiger partial charge in [0, 0.05) is 19.6 Å². The quantitative estimate of drug-likeness (QED) is 0.595. The normalized spacial score (nSPS) is 23.1. The van der Waals surface area contributed by atoms with Gasteiger partial charge in [0.15, 0.2) is 0 Å². The van der Waals surface area contributed by atoms with Crippen molar-refractivity contribution < 1.29 is 14.6 Å². The molecule has 1 fully saturated rings. The number of hydrogen-bond donors (Lipinski definition) is 3. The van der Waals surface area contributed by atoms with Crippen molar-refractivity contribution in [3.63, 3.8) is 0 Å². The monoisotopic (exact) mass is 230 g/mol. The van der Waals surface area contributed by atoms with Gasteiger partial charge < -0.3 is 20.5 Å². The molecule has 16 heavy (non-hydrogen) atoms. The van der Waals surface area contributed by atoms with E-state index in [0.29, 0.717) is 26.1 Å². The van der Waals surface area contributed by atoms with Crippen molar-refractivity contribution in [1.82, 2.24) is 10.6 Å². The largest absolute Gasteiger partial charge is 0.393 e. The van der Waals surface area contributed by atoms with Crippen LogP contribution in [0.5, 0.6) is 0 Å².